The first kappa shape index (κ1) is 25.2. The molecule has 40 heavy (non-hydrogen) atoms. The predicted octanol–water partition coefficient (Wildman–Crippen LogP) is 6.52. The number of rotatable bonds is 8. The van der Waals surface area contributed by atoms with Crippen molar-refractivity contribution in [1.82, 2.24) is 10.3 Å². The molecule has 0 spiro atoms. The minimum Gasteiger partial charge on any atom is -0.507 e. The summed E-state index contributed by atoms with van der Waals surface area (Å²) in [5, 5.41) is 16.0. The van der Waals surface area contributed by atoms with Gasteiger partial charge in [0.2, 0.25) is 0 Å². The van der Waals surface area contributed by atoms with Crippen molar-refractivity contribution in [1.29, 1.82) is 0 Å². The van der Waals surface area contributed by atoms with Crippen LogP contribution in [0.2, 0.25) is 0 Å². The van der Waals surface area contributed by atoms with Crippen LogP contribution in [0.5, 0.6) is 5.75 Å². The number of aromatic hydroxyl groups is 1. The van der Waals surface area contributed by atoms with Gasteiger partial charge in [-0.1, -0.05) is 78.9 Å². The molecule has 0 bridgehead atoms. The topological polar surface area (TPSA) is 95.3 Å². The normalized spacial score (nSPS) is 12.0. The van der Waals surface area contributed by atoms with Crippen LogP contribution in [0, 0.1) is 0 Å². The maximum absolute atomic E-state index is 13.5. The van der Waals surface area contributed by atoms with Crippen molar-refractivity contribution in [3.63, 3.8) is 0 Å². The molecule has 6 aromatic rings. The van der Waals surface area contributed by atoms with E-state index in [2.05, 4.69) is 16.4 Å². The Hall–Kier alpha value is -5.10. The zero-order valence-electron chi connectivity index (χ0n) is 21.8. The van der Waals surface area contributed by atoms with Gasteiger partial charge in [0, 0.05) is 28.7 Å². The zero-order valence-corrected chi connectivity index (χ0v) is 21.8. The van der Waals surface area contributed by atoms with Crippen LogP contribution in [0.15, 0.2) is 118 Å². The van der Waals surface area contributed by atoms with Crippen molar-refractivity contribution < 1.29 is 14.3 Å². The molecule has 2 heterocycles. The quantitative estimate of drug-likeness (QED) is 0.155. The highest BCUT2D eigenvalue weighted by atomic mass is 16.4. The summed E-state index contributed by atoms with van der Waals surface area (Å²) in [5.41, 5.74) is 4.21. The molecule has 1 unspecified atom stereocenters. The Balaban J connectivity index is 1.42. The number of para-hydroxylation sites is 2. The molecule has 2 aromatic heterocycles. The monoisotopic (exact) mass is 528 g/mol. The second kappa shape index (κ2) is 10.9. The summed E-state index contributed by atoms with van der Waals surface area (Å²) in [6.45, 7) is 0.492. The van der Waals surface area contributed by atoms with Gasteiger partial charge in [-0.05, 0) is 54.3 Å². The summed E-state index contributed by atoms with van der Waals surface area (Å²) < 4.78 is 5.70. The molecule has 0 saturated carbocycles. The third-order valence-electron chi connectivity index (χ3n) is 7.30. The van der Waals surface area contributed by atoms with Gasteiger partial charge in [0.05, 0.1) is 16.9 Å². The molecule has 6 nitrogen and oxygen atoms in total. The van der Waals surface area contributed by atoms with E-state index in [0.29, 0.717) is 35.9 Å². The van der Waals surface area contributed by atoms with Crippen LogP contribution in [0.25, 0.3) is 21.9 Å². The molecule has 0 aliphatic rings. The number of benzene rings is 4. The average Bonchev–Trinajstić information content (AvgIpc) is 3.36. The molecule has 198 valence electrons. The van der Waals surface area contributed by atoms with E-state index in [0.717, 1.165) is 27.7 Å². The Morgan fingerprint density at radius 2 is 1.48 bits per heavy atom. The lowest BCUT2D eigenvalue weighted by molar-refractivity contribution is 0.0953. The van der Waals surface area contributed by atoms with E-state index in [9.17, 15) is 14.7 Å². The zero-order chi connectivity index (χ0) is 27.5. The van der Waals surface area contributed by atoms with Crippen LogP contribution in [-0.2, 0) is 6.42 Å². The van der Waals surface area contributed by atoms with Gasteiger partial charge in [-0.2, -0.15) is 0 Å². The number of H-pyrrole nitrogens is 1. The summed E-state index contributed by atoms with van der Waals surface area (Å²) in [5.74, 6) is -0.788. The molecule has 0 radical (unpaired) electrons. The fraction of sp³-hybridized carbons (Fsp3) is 0.118. The van der Waals surface area contributed by atoms with Gasteiger partial charge in [-0.3, -0.25) is 4.79 Å². The number of aromatic nitrogens is 1. The van der Waals surface area contributed by atoms with Crippen LogP contribution in [-0.4, -0.2) is 22.5 Å². The highest BCUT2D eigenvalue weighted by Crippen LogP contribution is 2.41. The number of nitrogens with one attached hydrogen (secondary N) is 2. The van der Waals surface area contributed by atoms with Crippen molar-refractivity contribution in [2.24, 2.45) is 0 Å². The number of amides is 1. The van der Waals surface area contributed by atoms with Crippen LogP contribution < -0.4 is 10.9 Å². The first-order valence-electron chi connectivity index (χ1n) is 13.3. The second-order valence-electron chi connectivity index (χ2n) is 9.78. The summed E-state index contributed by atoms with van der Waals surface area (Å²) in [6, 6.07) is 33.8. The van der Waals surface area contributed by atoms with E-state index in [1.54, 1.807) is 30.3 Å². The van der Waals surface area contributed by atoms with Crippen molar-refractivity contribution in [3.05, 3.63) is 148 Å². The van der Waals surface area contributed by atoms with Crippen LogP contribution in [0.4, 0.5) is 0 Å². The lowest BCUT2D eigenvalue weighted by atomic mass is 9.85. The summed E-state index contributed by atoms with van der Waals surface area (Å²) in [6.07, 6.45) is 1.34. The molecule has 0 fully saturated rings. The Bertz CT molecular complexity index is 1860. The van der Waals surface area contributed by atoms with Crippen molar-refractivity contribution >= 4 is 27.8 Å². The number of hydrogen-bond acceptors (Lipinski definition) is 4. The number of carbonyl (C=O) groups excluding carboxylic acids is 1. The standard InChI is InChI=1S/C34H28N2O4/c37-32-26-17-8-10-20-28(26)40-34(39)30(32)29(22-12-3-1-4-13-22)31-25(24-16-7-9-19-27(24)36-31)18-11-21-35-33(38)23-14-5-2-6-15-23/h1-10,12-17,19-20,29,36-37H,11,18,21H2,(H,35,38). The van der Waals surface area contributed by atoms with Gasteiger partial charge in [0.1, 0.15) is 11.3 Å². The lowest BCUT2D eigenvalue weighted by Gasteiger charge is -2.20. The van der Waals surface area contributed by atoms with Gasteiger partial charge in [0.15, 0.2) is 0 Å². The maximum atomic E-state index is 13.5. The molecule has 6 rings (SSSR count). The van der Waals surface area contributed by atoms with E-state index < -0.39 is 11.5 Å². The van der Waals surface area contributed by atoms with Crippen molar-refractivity contribution in [2.45, 2.75) is 18.8 Å². The van der Waals surface area contributed by atoms with Gasteiger partial charge in [0.25, 0.3) is 5.91 Å². The highest BCUT2D eigenvalue weighted by molar-refractivity contribution is 5.94. The lowest BCUT2D eigenvalue weighted by Crippen LogP contribution is -2.24. The van der Waals surface area contributed by atoms with Crippen LogP contribution >= 0.6 is 0 Å². The first-order valence-corrected chi connectivity index (χ1v) is 13.3. The number of fused-ring (bicyclic) bond motifs is 2. The summed E-state index contributed by atoms with van der Waals surface area (Å²) in [7, 11) is 0. The van der Waals surface area contributed by atoms with E-state index in [-0.39, 0.29) is 17.2 Å². The SMILES string of the molecule is O=C(NCCCc1c(C(c2ccccc2)c2c(O)c3ccccc3oc2=O)[nH]c2ccccc12)c1ccccc1. The fourth-order valence-electron chi connectivity index (χ4n) is 5.42. The Morgan fingerprint density at radius 3 is 2.25 bits per heavy atom. The number of carbonyl (C=O) groups is 1. The van der Waals surface area contributed by atoms with Crippen LogP contribution in [0.3, 0.4) is 0 Å². The van der Waals surface area contributed by atoms with Gasteiger partial charge in [-0.25, -0.2) is 4.79 Å². The predicted molar refractivity (Wildman–Crippen MR) is 157 cm³/mol. The highest BCUT2D eigenvalue weighted by Gasteiger charge is 2.30. The molecular formula is C34H28N2O4. The first-order chi connectivity index (χ1) is 19.6. The minimum absolute atomic E-state index is 0.0829. The molecule has 0 aliphatic heterocycles. The number of aryl methyl sites for hydroxylation is 1. The average molecular weight is 529 g/mol. The fourth-order valence-corrected chi connectivity index (χ4v) is 5.42. The third kappa shape index (κ3) is 4.76. The molecule has 0 aliphatic carbocycles. The Morgan fingerprint density at radius 1 is 0.825 bits per heavy atom. The van der Waals surface area contributed by atoms with Crippen LogP contribution in [0.1, 0.15) is 45.1 Å². The Kier molecular flexibility index (Phi) is 6.89. The summed E-state index contributed by atoms with van der Waals surface area (Å²) >= 11 is 0. The summed E-state index contributed by atoms with van der Waals surface area (Å²) in [4.78, 5) is 29.6. The van der Waals surface area contributed by atoms with E-state index in [1.165, 1.54) is 0 Å². The van der Waals surface area contributed by atoms with Gasteiger partial charge in [-0.15, -0.1) is 0 Å². The molecule has 1 atom stereocenters. The van der Waals surface area contributed by atoms with E-state index >= 15 is 0 Å². The molecule has 3 N–H and O–H groups in total. The van der Waals surface area contributed by atoms with E-state index in [1.807, 2.05) is 72.8 Å². The van der Waals surface area contributed by atoms with Gasteiger partial charge >= 0.3 is 5.63 Å². The molecular weight excluding hydrogens is 500 g/mol. The second-order valence-corrected chi connectivity index (χ2v) is 9.78. The third-order valence-corrected chi connectivity index (χ3v) is 7.30. The number of aromatic amines is 1. The van der Waals surface area contributed by atoms with Crippen molar-refractivity contribution in [2.75, 3.05) is 6.54 Å². The van der Waals surface area contributed by atoms with E-state index in [4.69, 9.17) is 4.42 Å². The molecule has 0 saturated heterocycles. The molecule has 1 amide bonds. The minimum atomic E-state index is -0.594. The largest absolute Gasteiger partial charge is 0.507 e. The molecule has 4 aromatic carbocycles. The van der Waals surface area contributed by atoms with Crippen molar-refractivity contribution in [3.8, 4) is 5.75 Å². The number of hydrogen-bond donors (Lipinski definition) is 3. The maximum Gasteiger partial charge on any atom is 0.344 e. The Labute approximate surface area is 230 Å². The van der Waals surface area contributed by atoms with Gasteiger partial charge < -0.3 is 19.8 Å². The molecule has 6 heteroatoms. The smallest absolute Gasteiger partial charge is 0.344 e.